The van der Waals surface area contributed by atoms with Crippen LogP contribution in [-0.2, 0) is 0 Å². The zero-order chi connectivity index (χ0) is 10.6. The Morgan fingerprint density at radius 2 is 2.00 bits per heavy atom. The molecule has 1 unspecified atom stereocenters. The maximum atomic E-state index is 3.74. The summed E-state index contributed by atoms with van der Waals surface area (Å²) in [7, 11) is 0. The molecule has 0 bridgehead atoms. The molecular weight excluding hydrogens is 170 g/mol. The average Bonchev–Trinajstić information content (AvgIpc) is 2.18. The van der Waals surface area contributed by atoms with Gasteiger partial charge in [0, 0.05) is 0 Å². The van der Waals surface area contributed by atoms with Crippen LogP contribution in [0.25, 0.3) is 0 Å². The minimum absolute atomic E-state index is 0.887. The molecule has 0 aromatic carbocycles. The van der Waals surface area contributed by atoms with Gasteiger partial charge in [-0.25, -0.2) is 0 Å². The number of allylic oxidation sites excluding steroid dienone is 1. The predicted molar refractivity (Wildman–Crippen MR) is 65.6 cm³/mol. The molecule has 0 aliphatic carbocycles. The van der Waals surface area contributed by atoms with Crippen molar-refractivity contribution in [2.45, 2.75) is 52.4 Å². The van der Waals surface area contributed by atoms with Crippen molar-refractivity contribution < 1.29 is 0 Å². The highest BCUT2D eigenvalue weighted by Gasteiger charge is 2.00. The topological polar surface area (TPSA) is 12.0 Å². The van der Waals surface area contributed by atoms with Crippen LogP contribution in [0.5, 0.6) is 0 Å². The molecule has 1 atom stereocenters. The van der Waals surface area contributed by atoms with E-state index in [9.17, 15) is 0 Å². The van der Waals surface area contributed by atoms with E-state index < -0.39 is 0 Å². The predicted octanol–water partition coefficient (Wildman–Crippen LogP) is 3.76. The van der Waals surface area contributed by atoms with Gasteiger partial charge in [0.1, 0.15) is 0 Å². The smallest absolute Gasteiger partial charge is 0.00465 e. The van der Waals surface area contributed by atoms with Crippen LogP contribution >= 0.6 is 0 Å². The van der Waals surface area contributed by atoms with Gasteiger partial charge in [0.05, 0.1) is 0 Å². The van der Waals surface area contributed by atoms with Crippen molar-refractivity contribution >= 4 is 0 Å². The number of hydrogen-bond donors (Lipinski definition) is 1. The molecule has 0 spiro atoms. The van der Waals surface area contributed by atoms with Crippen molar-refractivity contribution in [1.29, 1.82) is 0 Å². The molecule has 1 nitrogen and oxygen atoms in total. The fraction of sp³-hybridized carbons (Fsp3) is 0.846. The summed E-state index contributed by atoms with van der Waals surface area (Å²) in [6, 6.07) is 0. The summed E-state index contributed by atoms with van der Waals surface area (Å²) < 4.78 is 0. The van der Waals surface area contributed by atoms with E-state index in [2.05, 4.69) is 25.7 Å². The van der Waals surface area contributed by atoms with Crippen LogP contribution in [-0.4, -0.2) is 13.1 Å². The average molecular weight is 197 g/mol. The molecule has 0 amide bonds. The fourth-order valence-corrected chi connectivity index (χ4v) is 1.63. The summed E-state index contributed by atoms with van der Waals surface area (Å²) in [6.07, 6.45) is 10.0. The van der Waals surface area contributed by atoms with E-state index in [0.29, 0.717) is 0 Å². The fourth-order valence-electron chi connectivity index (χ4n) is 1.63. The Morgan fingerprint density at radius 3 is 2.64 bits per heavy atom. The van der Waals surface area contributed by atoms with Crippen molar-refractivity contribution in [3.8, 4) is 0 Å². The molecule has 0 aliphatic rings. The van der Waals surface area contributed by atoms with Crippen molar-refractivity contribution in [2.24, 2.45) is 5.92 Å². The van der Waals surface area contributed by atoms with Gasteiger partial charge in [0.25, 0.3) is 0 Å². The largest absolute Gasteiger partial charge is 0.317 e. The highest BCUT2D eigenvalue weighted by molar-refractivity contribution is 4.65. The van der Waals surface area contributed by atoms with Crippen molar-refractivity contribution in [2.75, 3.05) is 13.1 Å². The molecule has 0 aromatic rings. The first-order valence-electron chi connectivity index (χ1n) is 6.12. The molecule has 0 aliphatic heterocycles. The molecular formula is C13H27N. The Hall–Kier alpha value is -0.300. The number of unbranched alkanes of at least 4 members (excludes halogenated alkanes) is 3. The zero-order valence-corrected chi connectivity index (χ0v) is 10.0. The van der Waals surface area contributed by atoms with E-state index in [-0.39, 0.29) is 0 Å². The molecule has 1 N–H and O–H groups in total. The first kappa shape index (κ1) is 13.7. The van der Waals surface area contributed by atoms with Gasteiger partial charge >= 0.3 is 0 Å². The lowest BCUT2D eigenvalue weighted by atomic mass is 9.99. The van der Waals surface area contributed by atoms with Gasteiger partial charge in [-0.05, 0) is 38.3 Å². The molecule has 0 saturated heterocycles. The van der Waals surface area contributed by atoms with Gasteiger partial charge < -0.3 is 5.32 Å². The second-order valence-electron chi connectivity index (χ2n) is 4.17. The van der Waals surface area contributed by atoms with Gasteiger partial charge in [-0.1, -0.05) is 39.2 Å². The third-order valence-corrected chi connectivity index (χ3v) is 2.67. The van der Waals surface area contributed by atoms with E-state index in [0.717, 1.165) is 12.5 Å². The molecule has 0 saturated carbocycles. The third kappa shape index (κ3) is 9.79. The second-order valence-corrected chi connectivity index (χ2v) is 4.17. The summed E-state index contributed by atoms with van der Waals surface area (Å²) in [5.74, 6) is 0.887. The van der Waals surface area contributed by atoms with Crippen molar-refractivity contribution in [1.82, 2.24) is 5.32 Å². The molecule has 84 valence electrons. The van der Waals surface area contributed by atoms with E-state index in [1.54, 1.807) is 0 Å². The lowest BCUT2D eigenvalue weighted by molar-refractivity contribution is 0.449. The van der Waals surface area contributed by atoms with Crippen molar-refractivity contribution in [3.63, 3.8) is 0 Å². The van der Waals surface area contributed by atoms with Gasteiger partial charge in [-0.15, -0.1) is 6.58 Å². The minimum Gasteiger partial charge on any atom is -0.317 e. The molecule has 0 rings (SSSR count). The lowest BCUT2D eigenvalue weighted by Crippen LogP contribution is -2.16. The summed E-state index contributed by atoms with van der Waals surface area (Å²) >= 11 is 0. The molecule has 0 heterocycles. The highest BCUT2D eigenvalue weighted by atomic mass is 14.8. The Morgan fingerprint density at radius 1 is 1.21 bits per heavy atom. The monoisotopic (exact) mass is 197 g/mol. The third-order valence-electron chi connectivity index (χ3n) is 2.67. The molecule has 0 fully saturated rings. The van der Waals surface area contributed by atoms with E-state index in [1.165, 1.54) is 45.1 Å². The lowest BCUT2D eigenvalue weighted by Gasteiger charge is -2.10. The summed E-state index contributed by atoms with van der Waals surface area (Å²) in [4.78, 5) is 0. The highest BCUT2D eigenvalue weighted by Crippen LogP contribution is 2.13. The summed E-state index contributed by atoms with van der Waals surface area (Å²) in [6.45, 7) is 10.6. The zero-order valence-electron chi connectivity index (χ0n) is 10.0. The summed E-state index contributed by atoms with van der Waals surface area (Å²) in [5.41, 5.74) is 0. The van der Waals surface area contributed by atoms with E-state index in [1.807, 2.05) is 6.08 Å². The van der Waals surface area contributed by atoms with Crippen LogP contribution < -0.4 is 5.32 Å². The van der Waals surface area contributed by atoms with Crippen LogP contribution in [0.2, 0.25) is 0 Å². The molecule has 0 radical (unpaired) electrons. The van der Waals surface area contributed by atoms with E-state index >= 15 is 0 Å². The minimum atomic E-state index is 0.887. The molecule has 14 heavy (non-hydrogen) atoms. The standard InChI is InChI=1S/C13H27N/c1-4-6-7-8-9-10-13(3)11-12-14-5-2/h4,13-14H,1,5-12H2,2-3H3. The van der Waals surface area contributed by atoms with Gasteiger partial charge in [-0.2, -0.15) is 0 Å². The summed E-state index contributed by atoms with van der Waals surface area (Å²) in [5, 5.41) is 3.38. The Bertz CT molecular complexity index is 120. The molecule has 1 heteroatoms. The Balaban J connectivity index is 3.09. The van der Waals surface area contributed by atoms with Gasteiger partial charge in [0.15, 0.2) is 0 Å². The quantitative estimate of drug-likeness (QED) is 0.415. The van der Waals surface area contributed by atoms with Crippen LogP contribution in [0.3, 0.4) is 0 Å². The first-order valence-corrected chi connectivity index (χ1v) is 6.12. The van der Waals surface area contributed by atoms with Crippen LogP contribution in [0.1, 0.15) is 52.4 Å². The van der Waals surface area contributed by atoms with Crippen LogP contribution in [0, 0.1) is 5.92 Å². The maximum absolute atomic E-state index is 3.74. The Kier molecular flexibility index (Phi) is 10.5. The van der Waals surface area contributed by atoms with E-state index in [4.69, 9.17) is 0 Å². The van der Waals surface area contributed by atoms with Gasteiger partial charge in [0.2, 0.25) is 0 Å². The Labute approximate surface area is 90.0 Å². The van der Waals surface area contributed by atoms with Crippen LogP contribution in [0.4, 0.5) is 0 Å². The van der Waals surface area contributed by atoms with Crippen molar-refractivity contribution in [3.05, 3.63) is 12.7 Å². The normalized spacial score (nSPS) is 12.7. The SMILES string of the molecule is C=CCCCCCC(C)CCNCC. The van der Waals surface area contributed by atoms with Crippen LogP contribution in [0.15, 0.2) is 12.7 Å². The molecule has 0 aromatic heterocycles. The maximum Gasteiger partial charge on any atom is -0.00465 e. The number of nitrogens with one attached hydrogen (secondary N) is 1. The second kappa shape index (κ2) is 10.8. The van der Waals surface area contributed by atoms with Gasteiger partial charge in [-0.3, -0.25) is 0 Å². The number of hydrogen-bond acceptors (Lipinski definition) is 1. The first-order chi connectivity index (χ1) is 6.81. The number of rotatable bonds is 10.